The molecule has 1 aromatic rings. The number of benzene rings is 1. The molecule has 1 aromatic carbocycles. The second-order valence-electron chi connectivity index (χ2n) is 6.52. The van der Waals surface area contributed by atoms with E-state index >= 15 is 0 Å². The molecule has 0 fully saturated rings. The number of hydrogen-bond donors (Lipinski definition) is 1. The van der Waals surface area contributed by atoms with Gasteiger partial charge < -0.3 is 9.47 Å². The number of carbonyl (C=O) groups is 1. The number of carbonyl (C=O) groups excluding carboxylic acids is 1. The summed E-state index contributed by atoms with van der Waals surface area (Å²) in [6.45, 7) is 7.98. The summed E-state index contributed by atoms with van der Waals surface area (Å²) in [5.74, 6) is 0.587. The molecule has 0 aliphatic rings. The molecule has 0 aliphatic carbocycles. The van der Waals surface area contributed by atoms with Gasteiger partial charge in [0.25, 0.3) is 0 Å². The standard InChI is InChI=1S/C18H29NO4S/c1-6-23-17(20)9-7-8-16(19-24(21)18(2,3)4)14-10-12-15(22-5)13-11-14/h10-13,16,19H,6-9H2,1-5H3/t16-,24-/m0/s1. The van der Waals surface area contributed by atoms with Crippen molar-refractivity contribution >= 4 is 17.0 Å². The van der Waals surface area contributed by atoms with Gasteiger partial charge in [-0.3, -0.25) is 4.79 Å². The Hall–Kier alpha value is -1.40. The largest absolute Gasteiger partial charge is 0.497 e. The van der Waals surface area contributed by atoms with E-state index in [4.69, 9.17) is 9.47 Å². The third kappa shape index (κ3) is 7.01. The molecule has 0 aliphatic heterocycles. The van der Waals surface area contributed by atoms with Crippen molar-refractivity contribution in [2.45, 2.75) is 57.7 Å². The molecular weight excluding hydrogens is 326 g/mol. The maximum atomic E-state index is 12.5. The Morgan fingerprint density at radius 1 is 1.25 bits per heavy atom. The third-order valence-electron chi connectivity index (χ3n) is 3.50. The fraction of sp³-hybridized carbons (Fsp3) is 0.611. The summed E-state index contributed by atoms with van der Waals surface area (Å²) in [5.41, 5.74) is 1.03. The number of esters is 1. The van der Waals surface area contributed by atoms with Gasteiger partial charge in [-0.25, -0.2) is 8.93 Å². The van der Waals surface area contributed by atoms with E-state index in [1.165, 1.54) is 0 Å². The molecule has 0 saturated heterocycles. The average molecular weight is 356 g/mol. The van der Waals surface area contributed by atoms with Gasteiger partial charge in [0.2, 0.25) is 0 Å². The van der Waals surface area contributed by atoms with Crippen LogP contribution in [0.1, 0.15) is 58.6 Å². The molecule has 6 heteroatoms. The predicted octanol–water partition coefficient (Wildman–Crippen LogP) is 3.52. The maximum absolute atomic E-state index is 12.5. The molecular formula is C18H29NO4S. The van der Waals surface area contributed by atoms with Crippen LogP contribution in [0.2, 0.25) is 0 Å². The normalized spacial score (nSPS) is 14.0. The lowest BCUT2D eigenvalue weighted by Gasteiger charge is -2.24. The molecule has 0 heterocycles. The molecule has 0 spiro atoms. The molecule has 24 heavy (non-hydrogen) atoms. The van der Waals surface area contributed by atoms with Crippen molar-refractivity contribution in [3.05, 3.63) is 29.8 Å². The number of nitrogens with one attached hydrogen (secondary N) is 1. The minimum atomic E-state index is -1.19. The second-order valence-corrected chi connectivity index (χ2v) is 8.52. The minimum Gasteiger partial charge on any atom is -0.497 e. The Morgan fingerprint density at radius 2 is 1.88 bits per heavy atom. The molecule has 0 radical (unpaired) electrons. The first-order valence-corrected chi connectivity index (χ1v) is 9.40. The van der Waals surface area contributed by atoms with Gasteiger partial charge in [0.05, 0.1) is 29.4 Å². The maximum Gasteiger partial charge on any atom is 0.305 e. The SMILES string of the molecule is CCOC(=O)CCC[C@H](N[S@@](=O)C(C)(C)C)c1ccc(OC)cc1. The molecule has 1 N–H and O–H groups in total. The summed E-state index contributed by atoms with van der Waals surface area (Å²) < 4.78 is 25.4. The zero-order chi connectivity index (χ0) is 18.2. The van der Waals surface area contributed by atoms with Crippen LogP contribution in [0.15, 0.2) is 24.3 Å². The van der Waals surface area contributed by atoms with Crippen LogP contribution in [0.3, 0.4) is 0 Å². The minimum absolute atomic E-state index is 0.0922. The highest BCUT2D eigenvalue weighted by Gasteiger charge is 2.23. The van der Waals surface area contributed by atoms with Crippen LogP contribution in [0.5, 0.6) is 5.75 Å². The fourth-order valence-electron chi connectivity index (χ4n) is 2.12. The first-order valence-electron chi connectivity index (χ1n) is 8.25. The summed E-state index contributed by atoms with van der Waals surface area (Å²) >= 11 is 0. The summed E-state index contributed by atoms with van der Waals surface area (Å²) in [7, 11) is 0.434. The van der Waals surface area contributed by atoms with E-state index in [0.717, 1.165) is 11.3 Å². The van der Waals surface area contributed by atoms with Crippen LogP contribution in [0.25, 0.3) is 0 Å². The van der Waals surface area contributed by atoms with E-state index in [-0.39, 0.29) is 16.8 Å². The summed E-state index contributed by atoms with van der Waals surface area (Å²) in [5, 5.41) is 0. The van der Waals surface area contributed by atoms with Gasteiger partial charge in [-0.2, -0.15) is 0 Å². The Labute approximate surface area is 147 Å². The molecule has 0 unspecified atom stereocenters. The molecule has 1 rings (SSSR count). The van der Waals surface area contributed by atoms with Crippen molar-refractivity contribution in [2.24, 2.45) is 0 Å². The second kappa shape index (κ2) is 9.79. The van der Waals surface area contributed by atoms with Crippen molar-refractivity contribution in [1.82, 2.24) is 4.72 Å². The monoisotopic (exact) mass is 355 g/mol. The quantitative estimate of drug-likeness (QED) is 0.688. The lowest BCUT2D eigenvalue weighted by atomic mass is 10.0. The number of rotatable bonds is 9. The molecule has 5 nitrogen and oxygen atoms in total. The number of hydrogen-bond acceptors (Lipinski definition) is 4. The Balaban J connectivity index is 2.78. The molecule has 136 valence electrons. The van der Waals surface area contributed by atoms with Crippen LogP contribution < -0.4 is 9.46 Å². The van der Waals surface area contributed by atoms with Crippen molar-refractivity contribution in [3.63, 3.8) is 0 Å². The Morgan fingerprint density at radius 3 is 2.38 bits per heavy atom. The van der Waals surface area contributed by atoms with Gasteiger partial charge in [-0.15, -0.1) is 0 Å². The Kier molecular flexibility index (Phi) is 8.42. The fourth-order valence-corrected chi connectivity index (χ4v) is 2.99. The highest BCUT2D eigenvalue weighted by atomic mass is 32.2. The molecule has 2 atom stereocenters. The third-order valence-corrected chi connectivity index (χ3v) is 5.11. The lowest BCUT2D eigenvalue weighted by molar-refractivity contribution is -0.143. The highest BCUT2D eigenvalue weighted by Crippen LogP contribution is 2.24. The van der Waals surface area contributed by atoms with Gasteiger partial charge in [-0.1, -0.05) is 12.1 Å². The number of methoxy groups -OCH3 is 1. The van der Waals surface area contributed by atoms with E-state index < -0.39 is 11.0 Å². The Bertz CT molecular complexity index is 537. The molecule has 0 amide bonds. The van der Waals surface area contributed by atoms with Gasteiger partial charge in [0, 0.05) is 12.5 Å². The lowest BCUT2D eigenvalue weighted by Crippen LogP contribution is -2.35. The average Bonchev–Trinajstić information content (AvgIpc) is 2.53. The van der Waals surface area contributed by atoms with Crippen LogP contribution in [-0.2, 0) is 20.5 Å². The van der Waals surface area contributed by atoms with E-state index in [9.17, 15) is 9.00 Å². The van der Waals surface area contributed by atoms with Crippen LogP contribution >= 0.6 is 0 Å². The van der Waals surface area contributed by atoms with Gasteiger partial charge in [-0.05, 0) is 58.2 Å². The first kappa shape index (κ1) is 20.6. The van der Waals surface area contributed by atoms with Crippen LogP contribution in [-0.4, -0.2) is 28.6 Å². The van der Waals surface area contributed by atoms with Crippen molar-refractivity contribution < 1.29 is 18.5 Å². The predicted molar refractivity (Wildman–Crippen MR) is 97.3 cm³/mol. The summed E-state index contributed by atoms with van der Waals surface area (Å²) in [6.07, 6.45) is 1.74. The van der Waals surface area contributed by atoms with Gasteiger partial charge >= 0.3 is 5.97 Å². The molecule has 0 bridgehead atoms. The summed E-state index contributed by atoms with van der Waals surface area (Å²) in [6, 6.07) is 7.59. The van der Waals surface area contributed by atoms with Crippen LogP contribution in [0.4, 0.5) is 0 Å². The van der Waals surface area contributed by atoms with Gasteiger partial charge in [0.15, 0.2) is 0 Å². The van der Waals surface area contributed by atoms with Crippen molar-refractivity contribution in [2.75, 3.05) is 13.7 Å². The highest BCUT2D eigenvalue weighted by molar-refractivity contribution is 7.84. The van der Waals surface area contributed by atoms with E-state index in [0.29, 0.717) is 25.9 Å². The zero-order valence-electron chi connectivity index (χ0n) is 15.3. The topological polar surface area (TPSA) is 64.6 Å². The summed E-state index contributed by atoms with van der Waals surface area (Å²) in [4.78, 5) is 11.5. The van der Waals surface area contributed by atoms with E-state index in [1.807, 2.05) is 45.0 Å². The molecule has 0 saturated carbocycles. The van der Waals surface area contributed by atoms with E-state index in [2.05, 4.69) is 4.72 Å². The van der Waals surface area contributed by atoms with Crippen molar-refractivity contribution in [3.8, 4) is 5.75 Å². The van der Waals surface area contributed by atoms with E-state index in [1.54, 1.807) is 14.0 Å². The molecule has 0 aromatic heterocycles. The number of ether oxygens (including phenoxy) is 2. The van der Waals surface area contributed by atoms with Gasteiger partial charge in [0.1, 0.15) is 5.75 Å². The van der Waals surface area contributed by atoms with Crippen LogP contribution in [0, 0.1) is 0 Å². The van der Waals surface area contributed by atoms with Crippen molar-refractivity contribution in [1.29, 1.82) is 0 Å². The first-order chi connectivity index (χ1) is 11.3. The smallest absolute Gasteiger partial charge is 0.305 e. The zero-order valence-corrected chi connectivity index (χ0v) is 16.1.